The van der Waals surface area contributed by atoms with E-state index in [-0.39, 0.29) is 0 Å². The Morgan fingerprint density at radius 3 is 2.33 bits per heavy atom. The van der Waals surface area contributed by atoms with E-state index in [0.717, 1.165) is 12.4 Å². The lowest BCUT2D eigenvalue weighted by atomic mass is 10.9. The van der Waals surface area contributed by atoms with Crippen LogP contribution < -0.4 is 0 Å². The zero-order valence-corrected chi connectivity index (χ0v) is 7.21. The summed E-state index contributed by atoms with van der Waals surface area (Å²) in [6, 6.07) is 0. The average molecular weight is 169 g/mol. The highest BCUT2D eigenvalue weighted by Gasteiger charge is 2.49. The Bertz CT molecular complexity index is 87.8. The number of hydrogen-bond donors (Lipinski definition) is 0. The minimum absolute atomic E-state index is 0.750. The molecule has 0 aromatic carbocycles. The lowest BCUT2D eigenvalue weighted by Crippen LogP contribution is -1.91. The van der Waals surface area contributed by atoms with Crippen molar-refractivity contribution in [1.82, 2.24) is 0 Å². The molecule has 0 aliphatic carbocycles. The normalized spacial score (nSPS) is 24.7. The van der Waals surface area contributed by atoms with E-state index >= 15 is 0 Å². The van der Waals surface area contributed by atoms with E-state index in [9.17, 15) is 0 Å². The Morgan fingerprint density at radius 1 is 1.44 bits per heavy atom. The van der Waals surface area contributed by atoms with Gasteiger partial charge in [-0.25, -0.2) is 0 Å². The Labute approximate surface area is 59.4 Å². The van der Waals surface area contributed by atoms with Crippen molar-refractivity contribution < 1.29 is 13.6 Å². The van der Waals surface area contributed by atoms with Gasteiger partial charge in [0.25, 0.3) is 0 Å². The molecule has 1 saturated heterocycles. The van der Waals surface area contributed by atoms with Crippen LogP contribution in [0.15, 0.2) is 0 Å². The van der Waals surface area contributed by atoms with Gasteiger partial charge in [0.1, 0.15) is 18.0 Å². The van der Waals surface area contributed by atoms with Crippen molar-refractivity contribution in [3.05, 3.63) is 0 Å². The predicted molar refractivity (Wildman–Crippen MR) is 39.3 cm³/mol. The molecule has 0 aromatic rings. The van der Waals surface area contributed by atoms with Gasteiger partial charge in [-0.3, -0.25) is 0 Å². The van der Waals surface area contributed by atoms with Crippen LogP contribution in [-0.2, 0) is 13.6 Å². The molecule has 0 aromatic heterocycles. The van der Waals surface area contributed by atoms with Gasteiger partial charge in [0.15, 0.2) is 0 Å². The molecule has 0 saturated carbocycles. The van der Waals surface area contributed by atoms with Crippen molar-refractivity contribution >= 4 is 18.5 Å². The van der Waals surface area contributed by atoms with Gasteiger partial charge in [0, 0.05) is 0 Å². The summed E-state index contributed by atoms with van der Waals surface area (Å²) in [7, 11) is 1.35. The first-order chi connectivity index (χ1) is 4.33. The molecule has 1 aliphatic heterocycles. The fraction of sp³-hybridized carbons (Fsp3) is 1.00. The van der Waals surface area contributed by atoms with E-state index in [2.05, 4.69) is 0 Å². The quantitative estimate of drug-likeness (QED) is 0.588. The van der Waals surface area contributed by atoms with Gasteiger partial charge in [-0.15, -0.1) is 0 Å². The fourth-order valence-corrected chi connectivity index (χ4v) is 4.06. The summed E-state index contributed by atoms with van der Waals surface area (Å²) >= 11 is 1.63. The zero-order valence-electron chi connectivity index (χ0n) is 5.49. The lowest BCUT2D eigenvalue weighted by molar-refractivity contribution is 0.215. The fourth-order valence-electron chi connectivity index (χ4n) is 0.621. The molecule has 1 aliphatic rings. The molecule has 0 spiro atoms. The average Bonchev–Trinajstić information content (AvgIpc) is 2.36. The van der Waals surface area contributed by atoms with E-state index in [1.807, 2.05) is 0 Å². The highest BCUT2D eigenvalue weighted by atomic mass is 32.7. The van der Waals surface area contributed by atoms with Crippen molar-refractivity contribution in [3.63, 3.8) is 0 Å². The van der Waals surface area contributed by atoms with Crippen LogP contribution in [0, 0.1) is 0 Å². The second-order valence-electron chi connectivity index (χ2n) is 1.48. The van der Waals surface area contributed by atoms with Crippen LogP contribution in [-0.4, -0.2) is 26.6 Å². The van der Waals surface area contributed by atoms with Crippen LogP contribution >= 0.6 is 18.5 Å². The summed E-state index contributed by atoms with van der Waals surface area (Å²) in [5, 5.41) is 0. The summed E-state index contributed by atoms with van der Waals surface area (Å²) in [6.07, 6.45) is 0. The molecule has 0 atom stereocenters. The minimum Gasteiger partial charge on any atom is -0.172 e. The first kappa shape index (κ1) is 7.76. The van der Waals surface area contributed by atoms with E-state index in [1.165, 1.54) is 0 Å². The molecule has 3 nitrogen and oxygen atoms in total. The van der Waals surface area contributed by atoms with Gasteiger partial charge in [0.05, 0.1) is 20.0 Å². The topological polar surface area (TPSA) is 27.7 Å². The molecule has 0 unspecified atom stereocenters. The van der Waals surface area contributed by atoms with Gasteiger partial charge in [-0.1, -0.05) is 0 Å². The number of rotatable bonds is 2. The lowest BCUT2D eigenvalue weighted by Gasteiger charge is -2.07. The Balaban J connectivity index is 2.45. The molecule has 54 valence electrons. The van der Waals surface area contributed by atoms with Crippen LogP contribution in [0.5, 0.6) is 0 Å². The largest absolute Gasteiger partial charge is 0.480 e. The van der Waals surface area contributed by atoms with Crippen molar-refractivity contribution in [1.29, 1.82) is 0 Å². The van der Waals surface area contributed by atoms with Crippen LogP contribution in [0.1, 0.15) is 0 Å². The Hall–Kier alpha value is 0.660. The molecular formula is C4H10O3PS+. The summed E-state index contributed by atoms with van der Waals surface area (Å²) in [5.74, 6) is 0.982. The molecule has 1 fully saturated rings. The van der Waals surface area contributed by atoms with Crippen LogP contribution in [0.3, 0.4) is 0 Å². The van der Waals surface area contributed by atoms with Crippen molar-refractivity contribution in [2.45, 2.75) is 0 Å². The third kappa shape index (κ3) is 1.57. The third-order valence-electron chi connectivity index (χ3n) is 1.03. The molecule has 0 amide bonds. The van der Waals surface area contributed by atoms with Crippen LogP contribution in [0.4, 0.5) is 0 Å². The molecular weight excluding hydrogens is 159 g/mol. The maximum Gasteiger partial charge on any atom is 0.480 e. The van der Waals surface area contributed by atoms with E-state index in [0.29, 0.717) is 0 Å². The van der Waals surface area contributed by atoms with Crippen LogP contribution in [0.2, 0.25) is 0 Å². The van der Waals surface area contributed by atoms with Gasteiger partial charge in [-0.05, 0) is 0 Å². The Morgan fingerprint density at radius 2 is 2.11 bits per heavy atom. The molecule has 0 radical (unpaired) electrons. The predicted octanol–water partition coefficient (Wildman–Crippen LogP) is 1.72. The van der Waals surface area contributed by atoms with Crippen molar-refractivity contribution in [2.75, 3.05) is 26.6 Å². The Kier molecular flexibility index (Phi) is 2.73. The van der Waals surface area contributed by atoms with E-state index < -0.39 is 7.15 Å². The van der Waals surface area contributed by atoms with Crippen molar-refractivity contribution in [2.24, 2.45) is 0 Å². The smallest absolute Gasteiger partial charge is 0.172 e. The monoisotopic (exact) mass is 169 g/mol. The maximum atomic E-state index is 5.27. The molecule has 9 heavy (non-hydrogen) atoms. The standard InChI is InChI=1S/C4H10O3PS/c1-5-8(6-2)7-3-4-9-8/h3-4H2,1-2H3/q+1. The van der Waals surface area contributed by atoms with E-state index in [4.69, 9.17) is 13.6 Å². The maximum absolute atomic E-state index is 5.27. The van der Waals surface area contributed by atoms with Gasteiger partial charge in [-0.2, -0.15) is 13.6 Å². The first-order valence-corrected chi connectivity index (χ1v) is 5.76. The zero-order chi connectivity index (χ0) is 6.74. The second kappa shape index (κ2) is 3.17. The highest BCUT2D eigenvalue weighted by molar-refractivity contribution is 8.58. The van der Waals surface area contributed by atoms with Gasteiger partial charge < -0.3 is 0 Å². The molecule has 5 heteroatoms. The summed E-state index contributed by atoms with van der Waals surface area (Å²) in [6.45, 7) is 0.750. The molecule has 0 N–H and O–H groups in total. The minimum atomic E-state index is -1.89. The second-order valence-corrected chi connectivity index (χ2v) is 6.14. The SMILES string of the molecule is CO[P+]1(OC)OCCS1. The molecule has 1 heterocycles. The molecule has 0 bridgehead atoms. The highest BCUT2D eigenvalue weighted by Crippen LogP contribution is 2.74. The van der Waals surface area contributed by atoms with Crippen molar-refractivity contribution in [3.8, 4) is 0 Å². The number of hydrogen-bond acceptors (Lipinski definition) is 4. The molecule has 1 rings (SSSR count). The van der Waals surface area contributed by atoms with Gasteiger partial charge >= 0.3 is 7.15 Å². The third-order valence-corrected chi connectivity index (χ3v) is 5.80. The summed E-state index contributed by atoms with van der Waals surface area (Å²) < 4.78 is 15.4. The summed E-state index contributed by atoms with van der Waals surface area (Å²) in [4.78, 5) is 0. The van der Waals surface area contributed by atoms with Gasteiger partial charge in [0.2, 0.25) is 0 Å². The van der Waals surface area contributed by atoms with E-state index in [1.54, 1.807) is 25.6 Å². The van der Waals surface area contributed by atoms with Crippen LogP contribution in [0.25, 0.3) is 0 Å². The first-order valence-electron chi connectivity index (χ1n) is 2.62. The summed E-state index contributed by atoms with van der Waals surface area (Å²) in [5.41, 5.74) is 0.